The molecule has 0 spiro atoms. The van der Waals surface area contributed by atoms with Crippen molar-refractivity contribution in [1.82, 2.24) is 9.78 Å². The Labute approximate surface area is 200 Å². The van der Waals surface area contributed by atoms with Crippen LogP contribution in [0.4, 0.5) is 13.2 Å². The third kappa shape index (κ3) is 3.81. The fourth-order valence-corrected chi connectivity index (χ4v) is 5.59. The summed E-state index contributed by atoms with van der Waals surface area (Å²) in [5, 5.41) is 14.6. The molecule has 2 aliphatic carbocycles. The van der Waals surface area contributed by atoms with Crippen molar-refractivity contribution in [2.45, 2.75) is 38.5 Å². The minimum Gasteiger partial charge on any atom is -0.406 e. The third-order valence-corrected chi connectivity index (χ3v) is 7.18. The van der Waals surface area contributed by atoms with Crippen molar-refractivity contribution in [1.29, 1.82) is 5.26 Å². The quantitative estimate of drug-likeness (QED) is 0.469. The molecule has 0 aliphatic heterocycles. The van der Waals surface area contributed by atoms with E-state index >= 15 is 0 Å². The van der Waals surface area contributed by atoms with Crippen molar-refractivity contribution >= 4 is 5.78 Å². The number of alkyl halides is 3. The van der Waals surface area contributed by atoms with Gasteiger partial charge < -0.3 is 4.74 Å². The maximum atomic E-state index is 12.7. The SMILES string of the molecule is C[C@H]1C(=O)C(C#N)=C[C@@]2(C)c3nn(-c4ccc(OC(F)(F)F)cc4)c(-c4ccccc4)c3CC[C@H]12. The molecule has 2 aliphatic rings. The average Bonchev–Trinajstić information content (AvgIpc) is 3.22. The van der Waals surface area contributed by atoms with E-state index in [0.29, 0.717) is 12.1 Å². The minimum absolute atomic E-state index is 0.00543. The summed E-state index contributed by atoms with van der Waals surface area (Å²) < 4.78 is 43.7. The molecule has 5 nitrogen and oxygen atoms in total. The summed E-state index contributed by atoms with van der Waals surface area (Å²) in [6.45, 7) is 3.89. The summed E-state index contributed by atoms with van der Waals surface area (Å²) in [6, 6.07) is 17.3. The zero-order chi connectivity index (χ0) is 25.0. The highest BCUT2D eigenvalue weighted by Gasteiger charge is 2.50. The maximum Gasteiger partial charge on any atom is 0.573 e. The smallest absolute Gasteiger partial charge is 0.406 e. The lowest BCUT2D eigenvalue weighted by molar-refractivity contribution is -0.274. The number of hydrogen-bond donors (Lipinski definition) is 0. The van der Waals surface area contributed by atoms with Crippen molar-refractivity contribution in [3.8, 4) is 28.8 Å². The standard InChI is InChI=1S/C27H22F3N3O2/c1-16-22-13-12-21-23(17-6-4-3-5-7-17)33(19-8-10-20(11-9-19)35-27(28,29)30)32-25(21)26(22,2)14-18(15-31)24(16)34/h3-11,14,16,22H,12-13H2,1-2H3/t16-,22-,26-/m1/s1. The van der Waals surface area contributed by atoms with E-state index in [-0.39, 0.29) is 28.9 Å². The molecule has 0 saturated carbocycles. The minimum atomic E-state index is -4.77. The normalized spacial score (nSPS) is 23.7. The van der Waals surface area contributed by atoms with Gasteiger partial charge in [0.2, 0.25) is 0 Å². The molecular weight excluding hydrogens is 455 g/mol. The van der Waals surface area contributed by atoms with Crippen LogP contribution >= 0.6 is 0 Å². The maximum absolute atomic E-state index is 12.7. The molecule has 0 amide bonds. The van der Waals surface area contributed by atoms with E-state index in [0.717, 1.165) is 28.9 Å². The third-order valence-electron chi connectivity index (χ3n) is 7.18. The van der Waals surface area contributed by atoms with Crippen molar-refractivity contribution in [2.75, 3.05) is 0 Å². The number of hydrogen-bond acceptors (Lipinski definition) is 4. The first-order valence-electron chi connectivity index (χ1n) is 11.3. The first kappa shape index (κ1) is 22.9. The number of ketones is 1. The lowest BCUT2D eigenvalue weighted by atomic mass is 9.58. The number of aromatic nitrogens is 2. The lowest BCUT2D eigenvalue weighted by Gasteiger charge is -2.44. The number of Topliss-reactive ketones (excluding diaryl/α,β-unsaturated/α-hetero) is 1. The van der Waals surface area contributed by atoms with E-state index in [4.69, 9.17) is 5.10 Å². The van der Waals surface area contributed by atoms with Crippen LogP contribution in [0.1, 0.15) is 31.5 Å². The van der Waals surface area contributed by atoms with E-state index < -0.39 is 11.8 Å². The van der Waals surface area contributed by atoms with Crippen LogP contribution in [0.25, 0.3) is 16.9 Å². The van der Waals surface area contributed by atoms with Crippen LogP contribution in [-0.4, -0.2) is 21.9 Å². The largest absolute Gasteiger partial charge is 0.573 e. The van der Waals surface area contributed by atoms with Gasteiger partial charge in [-0.1, -0.05) is 50.3 Å². The molecule has 0 radical (unpaired) electrons. The molecule has 178 valence electrons. The van der Waals surface area contributed by atoms with Crippen molar-refractivity contribution in [2.24, 2.45) is 11.8 Å². The zero-order valence-corrected chi connectivity index (χ0v) is 19.1. The average molecular weight is 477 g/mol. The van der Waals surface area contributed by atoms with Gasteiger partial charge >= 0.3 is 6.36 Å². The molecule has 0 saturated heterocycles. The molecule has 35 heavy (non-hydrogen) atoms. The van der Waals surface area contributed by atoms with Gasteiger partial charge in [-0.25, -0.2) is 4.68 Å². The van der Waals surface area contributed by atoms with E-state index in [9.17, 15) is 23.2 Å². The number of carbonyl (C=O) groups is 1. The van der Waals surface area contributed by atoms with Crippen molar-refractivity contribution in [3.05, 3.63) is 77.5 Å². The molecule has 2 aromatic carbocycles. The van der Waals surface area contributed by atoms with E-state index in [2.05, 4.69) is 10.8 Å². The highest BCUT2D eigenvalue weighted by Crippen LogP contribution is 2.51. The van der Waals surface area contributed by atoms with Crippen molar-refractivity contribution in [3.63, 3.8) is 0 Å². The Morgan fingerprint density at radius 2 is 1.83 bits per heavy atom. The van der Waals surface area contributed by atoms with Crippen LogP contribution < -0.4 is 4.74 Å². The Balaban J connectivity index is 1.70. The summed E-state index contributed by atoms with van der Waals surface area (Å²) >= 11 is 0. The van der Waals surface area contributed by atoms with Crippen LogP contribution in [0.5, 0.6) is 5.75 Å². The number of fused-ring (bicyclic) bond motifs is 3. The summed E-state index contributed by atoms with van der Waals surface area (Å²) in [7, 11) is 0. The Morgan fingerprint density at radius 3 is 2.46 bits per heavy atom. The van der Waals surface area contributed by atoms with Crippen LogP contribution in [0.15, 0.2) is 66.2 Å². The van der Waals surface area contributed by atoms with Crippen molar-refractivity contribution < 1.29 is 22.7 Å². The molecule has 0 fully saturated rings. The van der Waals surface area contributed by atoms with Crippen LogP contribution in [-0.2, 0) is 16.6 Å². The number of nitrogens with zero attached hydrogens (tertiary/aromatic N) is 3. The van der Waals surface area contributed by atoms with Gasteiger partial charge in [-0.3, -0.25) is 4.79 Å². The van der Waals surface area contributed by atoms with Gasteiger partial charge in [0.1, 0.15) is 11.8 Å². The second kappa shape index (κ2) is 8.12. The second-order valence-corrected chi connectivity index (χ2v) is 9.25. The molecule has 0 unspecified atom stereocenters. The highest BCUT2D eigenvalue weighted by atomic mass is 19.4. The number of ether oxygens (including phenoxy) is 1. The molecular formula is C27H22F3N3O2. The number of rotatable bonds is 3. The molecule has 0 bridgehead atoms. The highest BCUT2D eigenvalue weighted by molar-refractivity contribution is 6.02. The summed E-state index contributed by atoms with van der Waals surface area (Å²) in [6.07, 6.45) is -1.56. The molecule has 5 rings (SSSR count). The molecule has 3 aromatic rings. The monoisotopic (exact) mass is 477 g/mol. The Kier molecular flexibility index (Phi) is 5.32. The van der Waals surface area contributed by atoms with Crippen LogP contribution in [0, 0.1) is 23.2 Å². The summed E-state index contributed by atoms with van der Waals surface area (Å²) in [4.78, 5) is 12.7. The number of benzene rings is 2. The number of nitriles is 1. The van der Waals surface area contributed by atoms with Gasteiger partial charge in [0.05, 0.1) is 22.6 Å². The lowest BCUT2D eigenvalue weighted by Crippen LogP contribution is -2.45. The first-order chi connectivity index (χ1) is 16.6. The van der Waals surface area contributed by atoms with Gasteiger partial charge in [-0.05, 0) is 43.0 Å². The van der Waals surface area contributed by atoms with Gasteiger partial charge in [0.25, 0.3) is 0 Å². The van der Waals surface area contributed by atoms with Crippen LogP contribution in [0.3, 0.4) is 0 Å². The molecule has 0 N–H and O–H groups in total. The predicted octanol–water partition coefficient (Wildman–Crippen LogP) is 5.93. The predicted molar refractivity (Wildman–Crippen MR) is 123 cm³/mol. The summed E-state index contributed by atoms with van der Waals surface area (Å²) in [5.74, 6) is -0.764. The van der Waals surface area contributed by atoms with Gasteiger partial charge in [-0.2, -0.15) is 10.4 Å². The van der Waals surface area contributed by atoms with Gasteiger partial charge in [0, 0.05) is 22.5 Å². The molecule has 1 heterocycles. The van der Waals surface area contributed by atoms with Crippen LogP contribution in [0.2, 0.25) is 0 Å². The van der Waals surface area contributed by atoms with Gasteiger partial charge in [-0.15, -0.1) is 13.2 Å². The fourth-order valence-electron chi connectivity index (χ4n) is 5.59. The summed E-state index contributed by atoms with van der Waals surface area (Å²) in [5.41, 5.74) is 3.67. The topological polar surface area (TPSA) is 67.9 Å². The second-order valence-electron chi connectivity index (χ2n) is 9.25. The Bertz CT molecular complexity index is 1370. The Hall–Kier alpha value is -3.86. The number of allylic oxidation sites excluding steroid dienone is 2. The van der Waals surface area contributed by atoms with E-state index in [1.54, 1.807) is 10.8 Å². The number of carbonyl (C=O) groups excluding carboxylic acids is 1. The zero-order valence-electron chi connectivity index (χ0n) is 19.1. The molecule has 8 heteroatoms. The number of halogens is 3. The first-order valence-corrected chi connectivity index (χ1v) is 11.3. The van der Waals surface area contributed by atoms with E-state index in [1.165, 1.54) is 24.3 Å². The fraction of sp³-hybridized carbons (Fsp3) is 0.296. The molecule has 1 aromatic heterocycles. The molecule has 3 atom stereocenters. The Morgan fingerprint density at radius 1 is 1.14 bits per heavy atom. The van der Waals surface area contributed by atoms with E-state index in [1.807, 2.05) is 44.2 Å². The van der Waals surface area contributed by atoms with Gasteiger partial charge in [0.15, 0.2) is 5.78 Å².